The number of pyridine rings is 1. The zero-order valence-corrected chi connectivity index (χ0v) is 17.7. The Labute approximate surface area is 182 Å². The molecule has 1 aromatic heterocycles. The van der Waals surface area contributed by atoms with E-state index < -0.39 is 29.4 Å². The van der Waals surface area contributed by atoms with Gasteiger partial charge in [-0.1, -0.05) is 18.2 Å². The minimum absolute atomic E-state index is 0.180. The summed E-state index contributed by atoms with van der Waals surface area (Å²) in [6.45, 7) is 3.36. The van der Waals surface area contributed by atoms with Gasteiger partial charge in [0.1, 0.15) is 11.4 Å². The van der Waals surface area contributed by atoms with E-state index in [4.69, 9.17) is 4.74 Å². The van der Waals surface area contributed by atoms with Crippen LogP contribution in [0, 0.1) is 0 Å². The molecule has 1 aliphatic heterocycles. The second-order valence-corrected chi connectivity index (χ2v) is 8.41. The van der Waals surface area contributed by atoms with E-state index in [2.05, 4.69) is 10.6 Å². The summed E-state index contributed by atoms with van der Waals surface area (Å²) in [6, 6.07) is 10.7. The van der Waals surface area contributed by atoms with Gasteiger partial charge in [-0.3, -0.25) is 4.79 Å². The van der Waals surface area contributed by atoms with Gasteiger partial charge in [-0.2, -0.15) is 13.2 Å². The van der Waals surface area contributed by atoms with Gasteiger partial charge in [0.15, 0.2) is 0 Å². The van der Waals surface area contributed by atoms with Crippen molar-refractivity contribution in [2.24, 2.45) is 7.05 Å². The summed E-state index contributed by atoms with van der Waals surface area (Å²) in [4.78, 5) is 24.7. The molecular weight excluding hydrogens is 423 g/mol. The molecule has 0 aliphatic carbocycles. The third-order valence-electron chi connectivity index (χ3n) is 5.52. The quantitative estimate of drug-likeness (QED) is 0.584. The van der Waals surface area contributed by atoms with E-state index in [0.717, 1.165) is 6.07 Å². The first-order valence-electron chi connectivity index (χ1n) is 10.0. The number of aromatic nitrogens is 1. The molecule has 0 bridgehead atoms. The lowest BCUT2D eigenvalue weighted by Crippen LogP contribution is -2.43. The number of rotatable bonds is 2. The number of carbonyl (C=O) groups is 1. The van der Waals surface area contributed by atoms with Crippen molar-refractivity contribution >= 4 is 22.6 Å². The number of alkyl halides is 3. The van der Waals surface area contributed by atoms with Gasteiger partial charge in [-0.05, 0) is 38.1 Å². The third kappa shape index (κ3) is 4.02. The Balaban J connectivity index is 1.65. The predicted molar refractivity (Wildman–Crippen MR) is 115 cm³/mol. The van der Waals surface area contributed by atoms with Gasteiger partial charge in [-0.25, -0.2) is 4.79 Å². The van der Waals surface area contributed by atoms with Gasteiger partial charge in [0.05, 0.1) is 22.8 Å². The Morgan fingerprint density at radius 1 is 1.12 bits per heavy atom. The normalized spacial score (nSPS) is 17.4. The number of aryl methyl sites for hydroxylation is 1. The van der Waals surface area contributed by atoms with Crippen LogP contribution in [0.1, 0.15) is 37.4 Å². The van der Waals surface area contributed by atoms with E-state index in [9.17, 15) is 22.8 Å². The number of halogens is 3. The van der Waals surface area contributed by atoms with Crippen LogP contribution in [0.25, 0.3) is 10.9 Å². The maximum Gasteiger partial charge on any atom is 0.419 e. The van der Waals surface area contributed by atoms with Crippen molar-refractivity contribution in [1.29, 1.82) is 0 Å². The second-order valence-electron chi connectivity index (χ2n) is 8.41. The number of urea groups is 1. The average Bonchev–Trinajstić information content (AvgIpc) is 2.69. The van der Waals surface area contributed by atoms with Crippen molar-refractivity contribution in [3.8, 4) is 5.75 Å². The van der Waals surface area contributed by atoms with E-state index in [1.807, 2.05) is 0 Å². The van der Waals surface area contributed by atoms with Crippen LogP contribution in [-0.2, 0) is 13.2 Å². The topological polar surface area (TPSA) is 72.4 Å². The van der Waals surface area contributed by atoms with E-state index in [-0.39, 0.29) is 16.9 Å². The highest BCUT2D eigenvalue weighted by Gasteiger charge is 2.42. The number of benzene rings is 2. The van der Waals surface area contributed by atoms with Crippen LogP contribution >= 0.6 is 0 Å². The summed E-state index contributed by atoms with van der Waals surface area (Å²) in [5.74, 6) is -0.262. The molecule has 2 amide bonds. The van der Waals surface area contributed by atoms with Gasteiger partial charge in [-0.15, -0.1) is 0 Å². The molecule has 1 atom stereocenters. The van der Waals surface area contributed by atoms with E-state index in [1.54, 1.807) is 45.2 Å². The number of anilines is 1. The number of nitrogens with one attached hydrogen (secondary N) is 2. The number of amides is 2. The van der Waals surface area contributed by atoms with Crippen LogP contribution in [0.2, 0.25) is 0 Å². The van der Waals surface area contributed by atoms with Crippen LogP contribution in [0.4, 0.5) is 23.7 Å². The van der Waals surface area contributed by atoms with Crippen LogP contribution in [0.15, 0.2) is 53.3 Å². The minimum Gasteiger partial charge on any atom is -0.487 e. The highest BCUT2D eigenvalue weighted by Crippen LogP contribution is 2.46. The lowest BCUT2D eigenvalue weighted by atomic mass is 9.88. The molecule has 32 heavy (non-hydrogen) atoms. The molecule has 0 radical (unpaired) electrons. The molecule has 0 saturated carbocycles. The van der Waals surface area contributed by atoms with E-state index in [0.29, 0.717) is 23.0 Å². The van der Waals surface area contributed by atoms with Gasteiger partial charge in [0, 0.05) is 30.5 Å². The molecule has 2 heterocycles. The van der Waals surface area contributed by atoms with Crippen LogP contribution in [-0.4, -0.2) is 16.2 Å². The van der Waals surface area contributed by atoms with Gasteiger partial charge in [0.25, 0.3) is 5.56 Å². The number of ether oxygens (including phenoxy) is 1. The summed E-state index contributed by atoms with van der Waals surface area (Å²) in [7, 11) is 1.63. The average molecular weight is 445 g/mol. The van der Waals surface area contributed by atoms with Crippen molar-refractivity contribution < 1.29 is 22.7 Å². The highest BCUT2D eigenvalue weighted by molar-refractivity contribution is 6.00. The SMILES string of the molecule is Cn1c(=O)ccc2c(NC(=O)N[C@@H]3CC(C)(C)Oc4c3cccc4C(F)(F)F)cccc21. The van der Waals surface area contributed by atoms with Crippen LogP contribution in [0.3, 0.4) is 0 Å². The summed E-state index contributed by atoms with van der Waals surface area (Å²) in [5.41, 5.74) is -0.571. The van der Waals surface area contributed by atoms with Crippen LogP contribution < -0.4 is 20.9 Å². The van der Waals surface area contributed by atoms with Crippen molar-refractivity contribution in [3.05, 3.63) is 70.0 Å². The fourth-order valence-electron chi connectivity index (χ4n) is 4.05. The molecule has 0 fully saturated rings. The predicted octanol–water partition coefficient (Wildman–Crippen LogP) is 4.98. The zero-order chi connectivity index (χ0) is 23.3. The Kier molecular flexibility index (Phi) is 5.15. The summed E-state index contributed by atoms with van der Waals surface area (Å²) in [5, 5.41) is 6.20. The first kappa shape index (κ1) is 21.7. The molecule has 4 rings (SSSR count). The van der Waals surface area contributed by atoms with E-state index in [1.165, 1.54) is 22.8 Å². The molecule has 3 aromatic rings. The third-order valence-corrected chi connectivity index (χ3v) is 5.52. The first-order valence-corrected chi connectivity index (χ1v) is 10.0. The fraction of sp³-hybridized carbons (Fsp3) is 0.304. The molecule has 2 N–H and O–H groups in total. The molecule has 0 unspecified atom stereocenters. The number of para-hydroxylation sites is 1. The highest BCUT2D eigenvalue weighted by atomic mass is 19.4. The maximum atomic E-state index is 13.5. The Hall–Kier alpha value is -3.49. The monoisotopic (exact) mass is 445 g/mol. The van der Waals surface area contributed by atoms with Crippen molar-refractivity contribution in [1.82, 2.24) is 9.88 Å². The summed E-state index contributed by atoms with van der Waals surface area (Å²) < 4.78 is 47.7. The standard InChI is InChI=1S/C23H22F3N3O3/c1-22(2)12-17(14-6-4-7-15(20(14)32-22)23(24,25)26)28-21(31)27-16-8-5-9-18-13(16)10-11-19(30)29(18)3/h4-11,17H,12H2,1-3H3,(H2,27,28,31)/t17-/m1/s1. The number of fused-ring (bicyclic) bond motifs is 2. The number of nitrogens with zero attached hydrogens (tertiary/aromatic N) is 1. The lowest BCUT2D eigenvalue weighted by Gasteiger charge is -2.39. The van der Waals surface area contributed by atoms with Crippen molar-refractivity contribution in [2.75, 3.05) is 5.32 Å². The number of carbonyl (C=O) groups excluding carboxylic acids is 1. The molecule has 2 aromatic carbocycles. The lowest BCUT2D eigenvalue weighted by molar-refractivity contribution is -0.140. The molecule has 6 nitrogen and oxygen atoms in total. The summed E-state index contributed by atoms with van der Waals surface area (Å²) >= 11 is 0. The van der Waals surface area contributed by atoms with Crippen molar-refractivity contribution in [2.45, 2.75) is 38.1 Å². The van der Waals surface area contributed by atoms with Gasteiger partial charge < -0.3 is 19.9 Å². The fourth-order valence-corrected chi connectivity index (χ4v) is 4.05. The zero-order valence-electron chi connectivity index (χ0n) is 17.7. The first-order chi connectivity index (χ1) is 15.0. The largest absolute Gasteiger partial charge is 0.487 e. The molecule has 1 aliphatic rings. The molecular formula is C23H22F3N3O3. The Morgan fingerprint density at radius 3 is 2.56 bits per heavy atom. The number of hydrogen-bond donors (Lipinski definition) is 2. The Morgan fingerprint density at radius 2 is 1.84 bits per heavy atom. The van der Waals surface area contributed by atoms with E-state index >= 15 is 0 Å². The molecule has 168 valence electrons. The maximum absolute atomic E-state index is 13.5. The molecule has 0 saturated heterocycles. The summed E-state index contributed by atoms with van der Waals surface area (Å²) in [6.07, 6.45) is -4.29. The van der Waals surface area contributed by atoms with Crippen LogP contribution in [0.5, 0.6) is 5.75 Å². The van der Waals surface area contributed by atoms with Gasteiger partial charge in [0.2, 0.25) is 0 Å². The molecule has 0 spiro atoms. The second kappa shape index (κ2) is 7.58. The smallest absolute Gasteiger partial charge is 0.419 e. The molecule has 9 heteroatoms. The van der Waals surface area contributed by atoms with Gasteiger partial charge >= 0.3 is 12.2 Å². The Bertz CT molecular complexity index is 1260. The minimum atomic E-state index is -4.58. The van der Waals surface area contributed by atoms with Crippen molar-refractivity contribution in [3.63, 3.8) is 0 Å². The number of hydrogen-bond acceptors (Lipinski definition) is 3.